The van der Waals surface area contributed by atoms with Gasteiger partial charge in [0.15, 0.2) is 24.8 Å². The van der Waals surface area contributed by atoms with Gasteiger partial charge in [-0.25, -0.2) is 21.8 Å². The Morgan fingerprint density at radius 1 is 0.970 bits per heavy atom. The Bertz CT molecular complexity index is 1400. The molecule has 2 aromatic carbocycles. The SMILES string of the molecule is CC(C)S(=O)(=O)c1ccc(C(=O)N2CCN(c3nc4c(S(C)(=O)=O)cccc4s3)CC2)cc1. The highest BCUT2D eigenvalue weighted by molar-refractivity contribution is 7.92. The van der Waals surface area contributed by atoms with Crippen molar-refractivity contribution in [2.45, 2.75) is 28.9 Å². The van der Waals surface area contributed by atoms with Crippen LogP contribution in [0, 0.1) is 0 Å². The van der Waals surface area contributed by atoms with Gasteiger partial charge >= 0.3 is 0 Å². The zero-order valence-electron chi connectivity index (χ0n) is 18.6. The molecular weight excluding hydrogens is 482 g/mol. The van der Waals surface area contributed by atoms with Crippen molar-refractivity contribution >= 4 is 52.3 Å². The molecule has 1 fully saturated rings. The molecule has 176 valence electrons. The molecule has 3 aromatic rings. The van der Waals surface area contributed by atoms with Crippen LogP contribution >= 0.6 is 11.3 Å². The van der Waals surface area contributed by atoms with E-state index in [0.717, 1.165) is 9.83 Å². The fourth-order valence-corrected chi connectivity index (χ4v) is 6.69. The van der Waals surface area contributed by atoms with Crippen LogP contribution in [0.25, 0.3) is 10.2 Å². The van der Waals surface area contributed by atoms with Crippen molar-refractivity contribution in [3.05, 3.63) is 48.0 Å². The lowest BCUT2D eigenvalue weighted by Crippen LogP contribution is -2.48. The summed E-state index contributed by atoms with van der Waals surface area (Å²) in [6.07, 6.45) is 1.18. The molecule has 33 heavy (non-hydrogen) atoms. The molecule has 1 amide bonds. The van der Waals surface area contributed by atoms with E-state index in [2.05, 4.69) is 9.88 Å². The van der Waals surface area contributed by atoms with E-state index in [-0.39, 0.29) is 15.7 Å². The maximum atomic E-state index is 12.9. The van der Waals surface area contributed by atoms with Crippen molar-refractivity contribution in [1.82, 2.24) is 9.88 Å². The number of nitrogens with zero attached hydrogens (tertiary/aromatic N) is 3. The van der Waals surface area contributed by atoms with Crippen LogP contribution in [0.15, 0.2) is 52.3 Å². The second-order valence-corrected chi connectivity index (χ2v) is 13.8. The highest BCUT2D eigenvalue weighted by Gasteiger charge is 2.26. The molecule has 0 saturated carbocycles. The maximum Gasteiger partial charge on any atom is 0.253 e. The summed E-state index contributed by atoms with van der Waals surface area (Å²) >= 11 is 1.44. The molecule has 8 nitrogen and oxygen atoms in total. The smallest absolute Gasteiger partial charge is 0.253 e. The summed E-state index contributed by atoms with van der Waals surface area (Å²) in [5.41, 5.74) is 0.930. The van der Waals surface area contributed by atoms with Gasteiger partial charge in [0.25, 0.3) is 5.91 Å². The minimum atomic E-state index is -3.38. The third kappa shape index (κ3) is 4.62. The van der Waals surface area contributed by atoms with Crippen LogP contribution in [-0.4, -0.2) is 70.3 Å². The number of benzene rings is 2. The minimum absolute atomic E-state index is 0.146. The largest absolute Gasteiger partial charge is 0.345 e. The number of sulfone groups is 2. The first-order valence-electron chi connectivity index (χ1n) is 10.5. The summed E-state index contributed by atoms with van der Waals surface area (Å²) in [5, 5.41) is 0.208. The zero-order valence-corrected chi connectivity index (χ0v) is 21.0. The number of hydrogen-bond donors (Lipinski definition) is 0. The molecule has 0 aliphatic carbocycles. The number of aromatic nitrogens is 1. The normalized spacial score (nSPS) is 15.4. The van der Waals surface area contributed by atoms with Crippen molar-refractivity contribution in [3.63, 3.8) is 0 Å². The standard InChI is InChI=1S/C22H25N3O5S3/c1-15(2)33(29,30)17-9-7-16(8-10-17)21(26)24-11-13-25(14-12-24)22-23-20-18(31-22)5-4-6-19(20)32(3,27)28/h4-10,15H,11-14H2,1-3H3. The molecule has 4 rings (SSSR count). The Kier molecular flexibility index (Phi) is 6.23. The van der Waals surface area contributed by atoms with E-state index in [1.165, 1.54) is 29.7 Å². The molecule has 0 spiro atoms. The van der Waals surface area contributed by atoms with Gasteiger partial charge in [-0.15, -0.1) is 0 Å². The molecule has 0 radical (unpaired) electrons. The Hall–Kier alpha value is -2.50. The monoisotopic (exact) mass is 507 g/mol. The number of carbonyl (C=O) groups excluding carboxylic acids is 1. The number of piperazine rings is 1. The van der Waals surface area contributed by atoms with E-state index in [4.69, 9.17) is 0 Å². The number of carbonyl (C=O) groups is 1. The van der Waals surface area contributed by atoms with Crippen LogP contribution in [0.5, 0.6) is 0 Å². The predicted octanol–water partition coefficient (Wildman–Crippen LogP) is 2.84. The number of para-hydroxylation sites is 1. The maximum absolute atomic E-state index is 12.9. The quantitative estimate of drug-likeness (QED) is 0.523. The Morgan fingerprint density at radius 3 is 2.18 bits per heavy atom. The molecular formula is C22H25N3O5S3. The number of thiazole rings is 1. The number of hydrogen-bond acceptors (Lipinski definition) is 8. The van der Waals surface area contributed by atoms with Gasteiger partial charge in [0, 0.05) is 38.0 Å². The summed E-state index contributed by atoms with van der Waals surface area (Å²) in [6, 6.07) is 11.2. The fraction of sp³-hybridized carbons (Fsp3) is 0.364. The van der Waals surface area contributed by atoms with Gasteiger partial charge in [-0.05, 0) is 50.2 Å². The lowest BCUT2D eigenvalue weighted by Gasteiger charge is -2.34. The van der Waals surface area contributed by atoms with Crippen LogP contribution in [0.1, 0.15) is 24.2 Å². The molecule has 0 atom stereocenters. The molecule has 1 aliphatic rings. The zero-order chi connectivity index (χ0) is 24.0. The average Bonchev–Trinajstić information content (AvgIpc) is 3.22. The van der Waals surface area contributed by atoms with Gasteiger partial charge < -0.3 is 9.80 Å². The third-order valence-corrected chi connectivity index (χ3v) is 10.0. The molecule has 1 aromatic heterocycles. The Balaban J connectivity index is 1.46. The van der Waals surface area contributed by atoms with Gasteiger partial charge in [0.2, 0.25) is 0 Å². The number of fused-ring (bicyclic) bond motifs is 1. The molecule has 2 heterocycles. The Morgan fingerprint density at radius 2 is 1.61 bits per heavy atom. The molecule has 1 saturated heterocycles. The van der Waals surface area contributed by atoms with E-state index >= 15 is 0 Å². The minimum Gasteiger partial charge on any atom is -0.345 e. The summed E-state index contributed by atoms with van der Waals surface area (Å²) in [6.45, 7) is 5.36. The van der Waals surface area contributed by atoms with E-state index < -0.39 is 24.9 Å². The summed E-state index contributed by atoms with van der Waals surface area (Å²) in [4.78, 5) is 21.7. The lowest BCUT2D eigenvalue weighted by molar-refractivity contribution is 0.0746. The van der Waals surface area contributed by atoms with Crippen LogP contribution in [0.4, 0.5) is 5.13 Å². The van der Waals surface area contributed by atoms with E-state index in [0.29, 0.717) is 37.3 Å². The average molecular weight is 508 g/mol. The molecule has 0 unspecified atom stereocenters. The van der Waals surface area contributed by atoms with Crippen molar-refractivity contribution in [2.24, 2.45) is 0 Å². The number of anilines is 1. The van der Waals surface area contributed by atoms with Gasteiger partial charge in [0.1, 0.15) is 5.52 Å². The van der Waals surface area contributed by atoms with E-state index in [1.807, 2.05) is 6.07 Å². The number of amides is 1. The summed E-state index contributed by atoms with van der Waals surface area (Å²) in [7, 11) is -6.76. The van der Waals surface area contributed by atoms with Crippen LogP contribution < -0.4 is 4.90 Å². The molecule has 0 bridgehead atoms. The first-order chi connectivity index (χ1) is 15.5. The van der Waals surface area contributed by atoms with Gasteiger partial charge in [0.05, 0.1) is 19.7 Å². The lowest BCUT2D eigenvalue weighted by atomic mass is 10.2. The van der Waals surface area contributed by atoms with Crippen molar-refractivity contribution < 1.29 is 21.6 Å². The summed E-state index contributed by atoms with van der Waals surface area (Å²) in [5.74, 6) is -0.146. The summed E-state index contributed by atoms with van der Waals surface area (Å²) < 4.78 is 49.5. The first-order valence-corrected chi connectivity index (χ1v) is 14.7. The fourth-order valence-electron chi connectivity index (χ4n) is 3.69. The second-order valence-electron chi connectivity index (χ2n) is 8.27. The molecule has 0 N–H and O–H groups in total. The van der Waals surface area contributed by atoms with Gasteiger partial charge in [-0.2, -0.15) is 0 Å². The van der Waals surface area contributed by atoms with E-state index in [9.17, 15) is 21.6 Å². The third-order valence-electron chi connectivity index (χ3n) is 5.66. The number of rotatable bonds is 5. The predicted molar refractivity (Wildman–Crippen MR) is 130 cm³/mol. The molecule has 11 heteroatoms. The van der Waals surface area contributed by atoms with Crippen molar-refractivity contribution in [3.8, 4) is 0 Å². The topological polar surface area (TPSA) is 105 Å². The highest BCUT2D eigenvalue weighted by Crippen LogP contribution is 2.33. The van der Waals surface area contributed by atoms with Gasteiger partial charge in [-0.1, -0.05) is 17.4 Å². The van der Waals surface area contributed by atoms with E-state index in [1.54, 1.807) is 43.0 Å². The second kappa shape index (κ2) is 8.69. The first kappa shape index (κ1) is 23.7. The van der Waals surface area contributed by atoms with Crippen LogP contribution in [-0.2, 0) is 19.7 Å². The highest BCUT2D eigenvalue weighted by atomic mass is 32.2. The van der Waals surface area contributed by atoms with Crippen LogP contribution in [0.3, 0.4) is 0 Å². The molecule has 1 aliphatic heterocycles. The van der Waals surface area contributed by atoms with Gasteiger partial charge in [-0.3, -0.25) is 4.79 Å². The van der Waals surface area contributed by atoms with Crippen molar-refractivity contribution in [2.75, 3.05) is 37.3 Å². The Labute approximate surface area is 197 Å². The van der Waals surface area contributed by atoms with Crippen LogP contribution in [0.2, 0.25) is 0 Å². The van der Waals surface area contributed by atoms with Crippen molar-refractivity contribution in [1.29, 1.82) is 0 Å².